The summed E-state index contributed by atoms with van der Waals surface area (Å²) in [6.07, 6.45) is 3.63. The molecule has 0 aliphatic heterocycles. The van der Waals surface area contributed by atoms with Crippen LogP contribution in [0.3, 0.4) is 0 Å². The summed E-state index contributed by atoms with van der Waals surface area (Å²) in [5, 5.41) is 9.98. The maximum atomic E-state index is 11.7. The molecule has 0 atom stereocenters. The molecule has 0 aliphatic rings. The molecule has 0 spiro atoms. The van der Waals surface area contributed by atoms with Gasteiger partial charge >= 0.3 is 0 Å². The molecule has 5 nitrogen and oxygen atoms in total. The summed E-state index contributed by atoms with van der Waals surface area (Å²) in [6.45, 7) is 1.73. The molecule has 0 aliphatic carbocycles. The van der Waals surface area contributed by atoms with E-state index in [1.54, 1.807) is 6.20 Å². The van der Waals surface area contributed by atoms with Crippen LogP contribution in [0.4, 0.5) is 5.69 Å². The molecule has 6 heteroatoms. The number of hydrogen-bond acceptors (Lipinski definition) is 3. The van der Waals surface area contributed by atoms with E-state index < -0.39 is 0 Å². The molecule has 1 aromatic heterocycles. The number of benzene rings is 1. The molecule has 2 rings (SSSR count). The summed E-state index contributed by atoms with van der Waals surface area (Å²) in [5.74, 6) is -0.0569. The lowest BCUT2D eigenvalue weighted by Gasteiger charge is -2.07. The first-order valence-corrected chi connectivity index (χ1v) is 6.77. The Bertz CT molecular complexity index is 527. The standard InChI is InChI=1S/C13H15BrN4O/c14-11-3-1-4-12(9-11)17-13(19)10-15-6-8-18-7-2-5-16-18/h1-5,7,9,15H,6,8,10H2,(H,17,19). The Labute approximate surface area is 120 Å². The van der Waals surface area contributed by atoms with Crippen LogP contribution < -0.4 is 10.6 Å². The molecule has 0 radical (unpaired) electrons. The first kappa shape index (κ1) is 13.8. The summed E-state index contributed by atoms with van der Waals surface area (Å²) < 4.78 is 2.76. The monoisotopic (exact) mass is 322 g/mol. The number of aromatic nitrogens is 2. The van der Waals surface area contributed by atoms with Crippen LogP contribution in [-0.2, 0) is 11.3 Å². The Kier molecular flexibility index (Phi) is 5.11. The maximum Gasteiger partial charge on any atom is 0.238 e. The second-order valence-electron chi connectivity index (χ2n) is 4.00. The Morgan fingerprint density at radius 1 is 1.37 bits per heavy atom. The fourth-order valence-corrected chi connectivity index (χ4v) is 2.00. The zero-order valence-corrected chi connectivity index (χ0v) is 11.9. The molecule has 0 fully saturated rings. The van der Waals surface area contributed by atoms with Crippen molar-refractivity contribution in [2.75, 3.05) is 18.4 Å². The summed E-state index contributed by atoms with van der Waals surface area (Å²) in [7, 11) is 0. The minimum absolute atomic E-state index is 0.0569. The number of amides is 1. The Hall–Kier alpha value is -1.66. The fraction of sp³-hybridized carbons (Fsp3) is 0.231. The highest BCUT2D eigenvalue weighted by Gasteiger charge is 2.01. The fourth-order valence-electron chi connectivity index (χ4n) is 1.60. The number of hydrogen-bond donors (Lipinski definition) is 2. The number of nitrogens with one attached hydrogen (secondary N) is 2. The lowest BCUT2D eigenvalue weighted by Crippen LogP contribution is -2.30. The minimum Gasteiger partial charge on any atom is -0.325 e. The van der Waals surface area contributed by atoms with Crippen LogP contribution in [0.2, 0.25) is 0 Å². The van der Waals surface area contributed by atoms with Gasteiger partial charge in [-0.05, 0) is 24.3 Å². The molecule has 1 heterocycles. The van der Waals surface area contributed by atoms with Crippen LogP contribution in [-0.4, -0.2) is 28.8 Å². The highest BCUT2D eigenvalue weighted by Crippen LogP contribution is 2.15. The van der Waals surface area contributed by atoms with E-state index in [2.05, 4.69) is 31.7 Å². The van der Waals surface area contributed by atoms with Gasteiger partial charge in [-0.15, -0.1) is 0 Å². The summed E-state index contributed by atoms with van der Waals surface area (Å²) in [6, 6.07) is 9.39. The lowest BCUT2D eigenvalue weighted by molar-refractivity contribution is -0.115. The number of carbonyl (C=O) groups excluding carboxylic acids is 1. The molecular weight excluding hydrogens is 308 g/mol. The van der Waals surface area contributed by atoms with Gasteiger partial charge in [0, 0.05) is 29.1 Å². The molecule has 0 saturated heterocycles. The number of carbonyl (C=O) groups is 1. The molecule has 0 unspecified atom stereocenters. The third-order valence-electron chi connectivity index (χ3n) is 2.47. The molecule has 2 aromatic rings. The molecule has 1 aromatic carbocycles. The quantitative estimate of drug-likeness (QED) is 0.798. The third-order valence-corrected chi connectivity index (χ3v) is 2.96. The molecule has 0 bridgehead atoms. The van der Waals surface area contributed by atoms with E-state index in [0.717, 1.165) is 16.7 Å². The van der Waals surface area contributed by atoms with E-state index in [9.17, 15) is 4.79 Å². The van der Waals surface area contributed by atoms with Gasteiger partial charge in [-0.25, -0.2) is 0 Å². The van der Waals surface area contributed by atoms with E-state index in [4.69, 9.17) is 0 Å². The summed E-state index contributed by atoms with van der Waals surface area (Å²) in [5.41, 5.74) is 0.785. The SMILES string of the molecule is O=C(CNCCn1cccn1)Nc1cccc(Br)c1. The smallest absolute Gasteiger partial charge is 0.238 e. The van der Waals surface area contributed by atoms with Gasteiger partial charge in [-0.3, -0.25) is 9.48 Å². The van der Waals surface area contributed by atoms with Gasteiger partial charge in [0.2, 0.25) is 5.91 Å². The van der Waals surface area contributed by atoms with Gasteiger partial charge in [0.1, 0.15) is 0 Å². The molecule has 100 valence electrons. The van der Waals surface area contributed by atoms with Gasteiger partial charge in [-0.1, -0.05) is 22.0 Å². The van der Waals surface area contributed by atoms with Crippen molar-refractivity contribution in [2.45, 2.75) is 6.54 Å². The maximum absolute atomic E-state index is 11.7. The highest BCUT2D eigenvalue weighted by molar-refractivity contribution is 9.10. The first-order valence-electron chi connectivity index (χ1n) is 5.97. The second-order valence-corrected chi connectivity index (χ2v) is 4.92. The zero-order valence-electron chi connectivity index (χ0n) is 10.3. The Morgan fingerprint density at radius 2 is 2.26 bits per heavy atom. The van der Waals surface area contributed by atoms with Crippen molar-refractivity contribution < 1.29 is 4.79 Å². The van der Waals surface area contributed by atoms with Gasteiger partial charge in [0.05, 0.1) is 13.1 Å². The van der Waals surface area contributed by atoms with Crippen molar-refractivity contribution in [3.05, 3.63) is 47.2 Å². The number of halogens is 1. The van der Waals surface area contributed by atoms with Crippen LogP contribution in [0.1, 0.15) is 0 Å². The van der Waals surface area contributed by atoms with Crippen molar-refractivity contribution in [1.29, 1.82) is 0 Å². The lowest BCUT2D eigenvalue weighted by atomic mass is 10.3. The van der Waals surface area contributed by atoms with E-state index >= 15 is 0 Å². The molecular formula is C13H15BrN4O. The summed E-state index contributed by atoms with van der Waals surface area (Å²) in [4.78, 5) is 11.7. The molecule has 19 heavy (non-hydrogen) atoms. The van der Waals surface area contributed by atoms with Crippen molar-refractivity contribution in [3.8, 4) is 0 Å². The van der Waals surface area contributed by atoms with E-state index in [0.29, 0.717) is 6.54 Å². The topological polar surface area (TPSA) is 59.0 Å². The van der Waals surface area contributed by atoms with E-state index in [-0.39, 0.29) is 12.5 Å². The van der Waals surface area contributed by atoms with Crippen molar-refractivity contribution in [3.63, 3.8) is 0 Å². The molecule has 1 amide bonds. The zero-order chi connectivity index (χ0) is 13.5. The number of nitrogens with zero attached hydrogens (tertiary/aromatic N) is 2. The normalized spacial score (nSPS) is 10.4. The highest BCUT2D eigenvalue weighted by atomic mass is 79.9. The van der Waals surface area contributed by atoms with E-state index in [1.807, 2.05) is 41.2 Å². The summed E-state index contributed by atoms with van der Waals surface area (Å²) >= 11 is 3.36. The number of anilines is 1. The van der Waals surface area contributed by atoms with Crippen LogP contribution in [0, 0.1) is 0 Å². The largest absolute Gasteiger partial charge is 0.325 e. The number of rotatable bonds is 6. The van der Waals surface area contributed by atoms with Gasteiger partial charge in [0.25, 0.3) is 0 Å². The van der Waals surface area contributed by atoms with E-state index in [1.165, 1.54) is 0 Å². The molecule has 2 N–H and O–H groups in total. The van der Waals surface area contributed by atoms with Crippen LogP contribution in [0.5, 0.6) is 0 Å². The Balaban J connectivity index is 1.67. The average molecular weight is 323 g/mol. The van der Waals surface area contributed by atoms with Crippen molar-refractivity contribution in [1.82, 2.24) is 15.1 Å². The van der Waals surface area contributed by atoms with Crippen LogP contribution in [0.25, 0.3) is 0 Å². The Morgan fingerprint density at radius 3 is 3.00 bits per heavy atom. The van der Waals surface area contributed by atoms with Gasteiger partial charge < -0.3 is 10.6 Å². The third kappa shape index (κ3) is 4.84. The van der Waals surface area contributed by atoms with Crippen LogP contribution >= 0.6 is 15.9 Å². The predicted molar refractivity (Wildman–Crippen MR) is 77.9 cm³/mol. The van der Waals surface area contributed by atoms with Crippen molar-refractivity contribution >= 4 is 27.5 Å². The van der Waals surface area contributed by atoms with Crippen molar-refractivity contribution in [2.24, 2.45) is 0 Å². The van der Waals surface area contributed by atoms with Gasteiger partial charge in [-0.2, -0.15) is 5.10 Å². The predicted octanol–water partition coefficient (Wildman–Crippen LogP) is 1.87. The minimum atomic E-state index is -0.0569. The average Bonchev–Trinajstić information content (AvgIpc) is 2.88. The molecule has 0 saturated carbocycles. The van der Waals surface area contributed by atoms with Crippen LogP contribution in [0.15, 0.2) is 47.2 Å². The second kappa shape index (κ2) is 7.06. The van der Waals surface area contributed by atoms with Gasteiger partial charge in [0.15, 0.2) is 0 Å². The first-order chi connectivity index (χ1) is 9.24.